The molecule has 0 radical (unpaired) electrons. The molecule has 3 aliphatic carbocycles. The summed E-state index contributed by atoms with van der Waals surface area (Å²) in [4.78, 5) is 0. The van der Waals surface area contributed by atoms with E-state index in [1.54, 1.807) is 6.92 Å². The van der Waals surface area contributed by atoms with Crippen molar-refractivity contribution < 1.29 is 18.3 Å². The third-order valence-electron chi connectivity index (χ3n) is 8.54. The lowest BCUT2D eigenvalue weighted by Gasteiger charge is -2.41. The maximum Gasteiger partial charge on any atom is 0.204 e. The molecule has 2 nitrogen and oxygen atoms in total. The van der Waals surface area contributed by atoms with Gasteiger partial charge < -0.3 is 9.47 Å². The van der Waals surface area contributed by atoms with Gasteiger partial charge in [0.2, 0.25) is 11.6 Å². The van der Waals surface area contributed by atoms with E-state index in [0.29, 0.717) is 31.0 Å². The van der Waals surface area contributed by atoms with Crippen LogP contribution in [0.25, 0.3) is 0 Å². The highest BCUT2D eigenvalue weighted by Crippen LogP contribution is 2.45. The molecule has 4 rings (SSSR count). The van der Waals surface area contributed by atoms with E-state index in [1.807, 2.05) is 0 Å². The van der Waals surface area contributed by atoms with Crippen LogP contribution in [-0.2, 0) is 0 Å². The molecule has 3 fully saturated rings. The first kappa shape index (κ1) is 25.3. The molecule has 1 aromatic rings. The summed E-state index contributed by atoms with van der Waals surface area (Å²) in [7, 11) is 0. The molecule has 0 amide bonds. The minimum atomic E-state index is -0.971. The van der Waals surface area contributed by atoms with Gasteiger partial charge in [-0.25, -0.2) is 0 Å². The molecule has 0 aromatic heterocycles. The summed E-state index contributed by atoms with van der Waals surface area (Å²) in [5.74, 6) is 9.61. The van der Waals surface area contributed by atoms with Crippen molar-refractivity contribution in [2.75, 3.05) is 13.2 Å². The van der Waals surface area contributed by atoms with Crippen molar-refractivity contribution in [3.8, 4) is 23.3 Å². The molecule has 1 aromatic carbocycles. The van der Waals surface area contributed by atoms with E-state index in [0.717, 1.165) is 43.4 Å². The number of ether oxygens (including phenoxy) is 2. The average Bonchev–Trinajstić information content (AvgIpc) is 2.86. The Balaban J connectivity index is 1.19. The third-order valence-corrected chi connectivity index (χ3v) is 8.54. The highest BCUT2D eigenvalue weighted by molar-refractivity contribution is 5.35. The van der Waals surface area contributed by atoms with Crippen LogP contribution in [-0.4, -0.2) is 13.2 Å². The summed E-state index contributed by atoms with van der Waals surface area (Å²) < 4.78 is 39.0. The summed E-state index contributed by atoms with van der Waals surface area (Å²) in [6, 6.07) is 2.90. The number of fused-ring (bicyclic) bond motifs is 1. The maximum atomic E-state index is 14.2. The lowest BCUT2D eigenvalue weighted by atomic mass is 9.64. The zero-order chi connectivity index (χ0) is 23.9. The number of rotatable bonds is 7. The first-order valence-corrected chi connectivity index (χ1v) is 13.8. The van der Waals surface area contributed by atoms with Gasteiger partial charge >= 0.3 is 0 Å². The molecule has 4 atom stereocenters. The lowest BCUT2D eigenvalue weighted by Crippen LogP contribution is -2.30. The zero-order valence-corrected chi connectivity index (χ0v) is 21.1. The Morgan fingerprint density at radius 2 is 1.32 bits per heavy atom. The largest absolute Gasteiger partial charge is 0.491 e. The van der Waals surface area contributed by atoms with Gasteiger partial charge in [0.1, 0.15) is 0 Å². The van der Waals surface area contributed by atoms with Crippen LogP contribution in [0, 0.1) is 59.0 Å². The van der Waals surface area contributed by atoms with Gasteiger partial charge in [-0.2, -0.15) is 8.78 Å². The molecule has 4 unspecified atom stereocenters. The van der Waals surface area contributed by atoms with Crippen molar-refractivity contribution in [2.24, 2.45) is 35.5 Å². The predicted molar refractivity (Wildman–Crippen MR) is 133 cm³/mol. The normalized spacial score (nSPS) is 31.2. The summed E-state index contributed by atoms with van der Waals surface area (Å²) >= 11 is 0. The number of hydrogen-bond acceptors (Lipinski definition) is 2. The SMILES string of the molecule is CCCC1CCC2CC(C#CC3CCC(COc4ccc(OCC)c(F)c4F)CC3)CCC2C1. The minimum absolute atomic E-state index is 0.0257. The average molecular weight is 473 g/mol. The predicted octanol–water partition coefficient (Wildman–Crippen LogP) is 8.18. The van der Waals surface area contributed by atoms with Gasteiger partial charge in [0.15, 0.2) is 11.5 Å². The minimum Gasteiger partial charge on any atom is -0.491 e. The smallest absolute Gasteiger partial charge is 0.204 e. The Kier molecular flexibility index (Phi) is 9.15. The van der Waals surface area contributed by atoms with Gasteiger partial charge in [-0.05, 0) is 101 Å². The van der Waals surface area contributed by atoms with Crippen molar-refractivity contribution in [3.05, 3.63) is 23.8 Å². The lowest BCUT2D eigenvalue weighted by molar-refractivity contribution is 0.109. The molecular formula is C30H42F2O2. The molecule has 0 N–H and O–H groups in total. The summed E-state index contributed by atoms with van der Waals surface area (Å²) in [5.41, 5.74) is 0. The van der Waals surface area contributed by atoms with E-state index in [2.05, 4.69) is 18.8 Å². The number of hydrogen-bond donors (Lipinski definition) is 0. The van der Waals surface area contributed by atoms with Crippen molar-refractivity contribution in [1.82, 2.24) is 0 Å². The Morgan fingerprint density at radius 3 is 2.03 bits per heavy atom. The number of benzene rings is 1. The summed E-state index contributed by atoms with van der Waals surface area (Å²) in [6.07, 6.45) is 15.3. The molecule has 4 heteroatoms. The van der Waals surface area contributed by atoms with E-state index in [-0.39, 0.29) is 11.5 Å². The first-order valence-electron chi connectivity index (χ1n) is 13.8. The van der Waals surface area contributed by atoms with Gasteiger partial charge in [0.05, 0.1) is 13.2 Å². The Morgan fingerprint density at radius 1 is 0.735 bits per heavy atom. The molecular weight excluding hydrogens is 430 g/mol. The second-order valence-corrected chi connectivity index (χ2v) is 10.9. The monoisotopic (exact) mass is 472 g/mol. The van der Waals surface area contributed by atoms with Crippen LogP contribution in [0.2, 0.25) is 0 Å². The molecule has 0 heterocycles. The van der Waals surface area contributed by atoms with E-state index < -0.39 is 11.6 Å². The van der Waals surface area contributed by atoms with Crippen molar-refractivity contribution in [2.45, 2.75) is 90.9 Å². The second-order valence-electron chi connectivity index (χ2n) is 10.9. The maximum absolute atomic E-state index is 14.2. The molecule has 34 heavy (non-hydrogen) atoms. The van der Waals surface area contributed by atoms with Gasteiger partial charge in [-0.3, -0.25) is 0 Å². The summed E-state index contributed by atoms with van der Waals surface area (Å²) in [5, 5.41) is 0. The Bertz CT molecular complexity index is 849. The topological polar surface area (TPSA) is 18.5 Å². The van der Waals surface area contributed by atoms with Gasteiger partial charge in [-0.1, -0.05) is 38.0 Å². The second kappa shape index (κ2) is 12.3. The highest BCUT2D eigenvalue weighted by Gasteiger charge is 2.34. The quantitative estimate of drug-likeness (QED) is 0.373. The molecule has 0 saturated heterocycles. The van der Waals surface area contributed by atoms with Crippen LogP contribution in [0.4, 0.5) is 8.78 Å². The van der Waals surface area contributed by atoms with E-state index in [9.17, 15) is 8.78 Å². The van der Waals surface area contributed by atoms with Crippen LogP contribution in [0.1, 0.15) is 90.9 Å². The van der Waals surface area contributed by atoms with Gasteiger partial charge in [-0.15, -0.1) is 0 Å². The summed E-state index contributed by atoms with van der Waals surface area (Å²) in [6.45, 7) is 4.78. The van der Waals surface area contributed by atoms with Gasteiger partial charge in [0, 0.05) is 11.8 Å². The van der Waals surface area contributed by atoms with Crippen molar-refractivity contribution >= 4 is 0 Å². The fourth-order valence-electron chi connectivity index (χ4n) is 6.60. The molecule has 3 saturated carbocycles. The fourth-order valence-corrected chi connectivity index (χ4v) is 6.60. The van der Waals surface area contributed by atoms with Crippen LogP contribution >= 0.6 is 0 Å². The van der Waals surface area contributed by atoms with Crippen LogP contribution in [0.5, 0.6) is 11.5 Å². The first-order chi connectivity index (χ1) is 16.6. The molecule has 0 aliphatic heterocycles. The standard InChI is InChI=1S/C30H42F2O2/c1-3-5-22-12-14-26-19-23(13-15-25(26)18-22)9-6-21-7-10-24(11-8-21)20-34-28-17-16-27(33-4-2)29(31)30(28)32/h16-17,21-26H,3-5,7-8,10-15,18-20H2,1-2H3. The van der Waals surface area contributed by atoms with Crippen LogP contribution in [0.15, 0.2) is 12.1 Å². The third kappa shape index (κ3) is 6.46. The van der Waals surface area contributed by atoms with E-state index >= 15 is 0 Å². The van der Waals surface area contributed by atoms with Crippen molar-refractivity contribution in [1.29, 1.82) is 0 Å². The molecule has 188 valence electrons. The van der Waals surface area contributed by atoms with Crippen LogP contribution in [0.3, 0.4) is 0 Å². The molecule has 3 aliphatic rings. The zero-order valence-electron chi connectivity index (χ0n) is 21.1. The van der Waals surface area contributed by atoms with Crippen LogP contribution < -0.4 is 9.47 Å². The Hall–Kier alpha value is -1.76. The Labute approximate surface area is 205 Å². The van der Waals surface area contributed by atoms with Gasteiger partial charge in [0.25, 0.3) is 0 Å². The fraction of sp³-hybridized carbons (Fsp3) is 0.733. The highest BCUT2D eigenvalue weighted by atomic mass is 19.2. The number of halogens is 2. The van der Waals surface area contributed by atoms with Crippen molar-refractivity contribution in [3.63, 3.8) is 0 Å². The molecule has 0 spiro atoms. The van der Waals surface area contributed by atoms with E-state index in [1.165, 1.54) is 63.5 Å². The molecule has 0 bridgehead atoms. The van der Waals surface area contributed by atoms with E-state index in [4.69, 9.17) is 9.47 Å².